The van der Waals surface area contributed by atoms with Crippen LogP contribution in [0, 0.1) is 5.92 Å². The normalized spacial score (nSPS) is 32.8. The monoisotopic (exact) mass is 225 g/mol. The van der Waals surface area contributed by atoms with Gasteiger partial charge in [0.1, 0.15) is 0 Å². The largest absolute Gasteiger partial charge is 0.316 e. The zero-order valence-electron chi connectivity index (χ0n) is 10.7. The SMILES string of the molecule is CN1CCCC(NCCC2CCCNC2)C1. The molecule has 0 radical (unpaired) electrons. The summed E-state index contributed by atoms with van der Waals surface area (Å²) in [4.78, 5) is 2.45. The van der Waals surface area contributed by atoms with E-state index < -0.39 is 0 Å². The van der Waals surface area contributed by atoms with Gasteiger partial charge in [-0.05, 0) is 71.2 Å². The highest BCUT2D eigenvalue weighted by molar-refractivity contribution is 4.77. The highest BCUT2D eigenvalue weighted by Gasteiger charge is 2.17. The topological polar surface area (TPSA) is 27.3 Å². The molecule has 0 aromatic carbocycles. The number of nitrogens with zero attached hydrogens (tertiary/aromatic N) is 1. The molecule has 2 saturated heterocycles. The van der Waals surface area contributed by atoms with Gasteiger partial charge >= 0.3 is 0 Å². The molecule has 2 rings (SSSR count). The molecule has 16 heavy (non-hydrogen) atoms. The van der Waals surface area contributed by atoms with E-state index in [-0.39, 0.29) is 0 Å². The maximum Gasteiger partial charge on any atom is 0.0195 e. The molecule has 3 nitrogen and oxygen atoms in total. The standard InChI is InChI=1S/C13H27N3/c1-16-9-3-5-13(11-16)15-8-6-12-4-2-7-14-10-12/h12-15H,2-11H2,1H3. The lowest BCUT2D eigenvalue weighted by atomic mass is 9.96. The molecule has 0 aromatic rings. The summed E-state index contributed by atoms with van der Waals surface area (Å²) < 4.78 is 0. The van der Waals surface area contributed by atoms with Crippen molar-refractivity contribution in [1.82, 2.24) is 15.5 Å². The Labute approximate surface area is 100.0 Å². The number of hydrogen-bond acceptors (Lipinski definition) is 3. The first kappa shape index (κ1) is 12.3. The zero-order chi connectivity index (χ0) is 11.2. The molecule has 2 heterocycles. The van der Waals surface area contributed by atoms with E-state index in [4.69, 9.17) is 0 Å². The predicted molar refractivity (Wildman–Crippen MR) is 68.7 cm³/mol. The molecule has 2 atom stereocenters. The van der Waals surface area contributed by atoms with Crippen molar-refractivity contribution < 1.29 is 0 Å². The van der Waals surface area contributed by atoms with E-state index in [1.54, 1.807) is 0 Å². The first-order valence-electron chi connectivity index (χ1n) is 6.97. The molecule has 3 heteroatoms. The van der Waals surface area contributed by atoms with Crippen LogP contribution in [0.4, 0.5) is 0 Å². The molecule has 94 valence electrons. The Morgan fingerprint density at radius 3 is 3.00 bits per heavy atom. The Bertz CT molecular complexity index is 190. The van der Waals surface area contributed by atoms with Crippen molar-refractivity contribution in [2.45, 2.75) is 38.1 Å². The van der Waals surface area contributed by atoms with E-state index in [0.29, 0.717) is 0 Å². The average molecular weight is 225 g/mol. The third-order valence-electron chi connectivity index (χ3n) is 4.01. The molecule has 2 fully saturated rings. The van der Waals surface area contributed by atoms with Crippen LogP contribution >= 0.6 is 0 Å². The van der Waals surface area contributed by atoms with E-state index in [0.717, 1.165) is 12.0 Å². The molecule has 0 amide bonds. The molecule has 0 aliphatic carbocycles. The van der Waals surface area contributed by atoms with Gasteiger partial charge in [0.2, 0.25) is 0 Å². The van der Waals surface area contributed by atoms with Gasteiger partial charge in [0.05, 0.1) is 0 Å². The van der Waals surface area contributed by atoms with Gasteiger partial charge in [-0.1, -0.05) is 0 Å². The van der Waals surface area contributed by atoms with Gasteiger partial charge in [-0.15, -0.1) is 0 Å². The molecular weight excluding hydrogens is 198 g/mol. The Morgan fingerprint density at radius 2 is 2.25 bits per heavy atom. The summed E-state index contributed by atoms with van der Waals surface area (Å²) in [5, 5.41) is 7.22. The minimum absolute atomic E-state index is 0.746. The van der Waals surface area contributed by atoms with Crippen molar-refractivity contribution in [2.75, 3.05) is 39.8 Å². The van der Waals surface area contributed by atoms with Gasteiger partial charge in [0.25, 0.3) is 0 Å². The molecule has 2 aliphatic rings. The van der Waals surface area contributed by atoms with Gasteiger partial charge in [-0.2, -0.15) is 0 Å². The number of piperidine rings is 2. The third kappa shape index (κ3) is 4.04. The Balaban J connectivity index is 1.56. The second-order valence-electron chi connectivity index (χ2n) is 5.56. The van der Waals surface area contributed by atoms with Gasteiger partial charge in [-0.3, -0.25) is 0 Å². The molecule has 0 bridgehead atoms. The summed E-state index contributed by atoms with van der Waals surface area (Å²) >= 11 is 0. The van der Waals surface area contributed by atoms with Gasteiger partial charge in [0, 0.05) is 12.6 Å². The first-order valence-corrected chi connectivity index (χ1v) is 6.97. The number of likely N-dealkylation sites (N-methyl/N-ethyl adjacent to an activating group) is 1. The highest BCUT2D eigenvalue weighted by Crippen LogP contribution is 2.14. The van der Waals surface area contributed by atoms with Crippen molar-refractivity contribution in [3.63, 3.8) is 0 Å². The maximum atomic E-state index is 3.73. The lowest BCUT2D eigenvalue weighted by Gasteiger charge is -2.31. The van der Waals surface area contributed by atoms with Crippen LogP contribution < -0.4 is 10.6 Å². The van der Waals surface area contributed by atoms with Crippen LogP contribution in [0.3, 0.4) is 0 Å². The number of likely N-dealkylation sites (tertiary alicyclic amines) is 1. The molecule has 0 saturated carbocycles. The molecular formula is C13H27N3. The number of rotatable bonds is 4. The predicted octanol–water partition coefficient (Wildman–Crippen LogP) is 1.06. The number of nitrogens with one attached hydrogen (secondary N) is 2. The summed E-state index contributed by atoms with van der Waals surface area (Å²) in [6, 6.07) is 0.746. The van der Waals surface area contributed by atoms with E-state index in [1.165, 1.54) is 64.8 Å². The van der Waals surface area contributed by atoms with Gasteiger partial charge in [-0.25, -0.2) is 0 Å². The van der Waals surface area contributed by atoms with Crippen LogP contribution in [-0.2, 0) is 0 Å². The maximum absolute atomic E-state index is 3.73. The lowest BCUT2D eigenvalue weighted by Crippen LogP contribution is -2.44. The number of hydrogen-bond donors (Lipinski definition) is 2. The molecule has 0 spiro atoms. The van der Waals surface area contributed by atoms with Crippen LogP contribution in [0.15, 0.2) is 0 Å². The highest BCUT2D eigenvalue weighted by atomic mass is 15.1. The smallest absolute Gasteiger partial charge is 0.0195 e. The van der Waals surface area contributed by atoms with Crippen LogP contribution in [0.25, 0.3) is 0 Å². The van der Waals surface area contributed by atoms with E-state index in [9.17, 15) is 0 Å². The Hall–Kier alpha value is -0.120. The minimum atomic E-state index is 0.746. The van der Waals surface area contributed by atoms with Crippen molar-refractivity contribution >= 4 is 0 Å². The van der Waals surface area contributed by atoms with Crippen molar-refractivity contribution in [3.05, 3.63) is 0 Å². The fraction of sp³-hybridized carbons (Fsp3) is 1.00. The molecule has 2 aliphatic heterocycles. The molecule has 2 unspecified atom stereocenters. The molecule has 2 N–H and O–H groups in total. The zero-order valence-corrected chi connectivity index (χ0v) is 10.7. The second kappa shape index (κ2) is 6.58. The van der Waals surface area contributed by atoms with Crippen LogP contribution in [-0.4, -0.2) is 50.7 Å². The van der Waals surface area contributed by atoms with E-state index in [2.05, 4.69) is 22.6 Å². The minimum Gasteiger partial charge on any atom is -0.316 e. The lowest BCUT2D eigenvalue weighted by molar-refractivity contribution is 0.223. The second-order valence-corrected chi connectivity index (χ2v) is 5.56. The Morgan fingerprint density at radius 1 is 1.31 bits per heavy atom. The van der Waals surface area contributed by atoms with Gasteiger partial charge in [0.15, 0.2) is 0 Å². The van der Waals surface area contributed by atoms with E-state index in [1.807, 2.05) is 0 Å². The van der Waals surface area contributed by atoms with Crippen LogP contribution in [0.1, 0.15) is 32.1 Å². The van der Waals surface area contributed by atoms with Crippen molar-refractivity contribution in [2.24, 2.45) is 5.92 Å². The van der Waals surface area contributed by atoms with Gasteiger partial charge < -0.3 is 15.5 Å². The summed E-state index contributed by atoms with van der Waals surface area (Å²) in [5.41, 5.74) is 0. The average Bonchev–Trinajstić information content (AvgIpc) is 2.30. The van der Waals surface area contributed by atoms with Crippen LogP contribution in [0.5, 0.6) is 0 Å². The fourth-order valence-corrected chi connectivity index (χ4v) is 2.99. The van der Waals surface area contributed by atoms with E-state index >= 15 is 0 Å². The quantitative estimate of drug-likeness (QED) is 0.749. The summed E-state index contributed by atoms with van der Waals surface area (Å²) in [5.74, 6) is 0.919. The summed E-state index contributed by atoms with van der Waals surface area (Å²) in [6.07, 6.45) is 6.88. The van der Waals surface area contributed by atoms with Crippen molar-refractivity contribution in [3.8, 4) is 0 Å². The van der Waals surface area contributed by atoms with Crippen molar-refractivity contribution in [1.29, 1.82) is 0 Å². The summed E-state index contributed by atoms with van der Waals surface area (Å²) in [7, 11) is 2.24. The molecule has 0 aromatic heterocycles. The fourth-order valence-electron chi connectivity index (χ4n) is 2.99. The Kier molecular flexibility index (Phi) is 5.07. The van der Waals surface area contributed by atoms with Crippen LogP contribution in [0.2, 0.25) is 0 Å². The first-order chi connectivity index (χ1) is 7.84. The summed E-state index contributed by atoms with van der Waals surface area (Å²) in [6.45, 7) is 6.21. The third-order valence-corrected chi connectivity index (χ3v) is 4.01.